The van der Waals surface area contributed by atoms with Crippen molar-refractivity contribution in [3.05, 3.63) is 64.1 Å². The molecule has 2 aromatic rings. The van der Waals surface area contributed by atoms with Crippen molar-refractivity contribution in [2.45, 2.75) is 18.2 Å². The first-order valence-electron chi connectivity index (χ1n) is 8.45. The first-order chi connectivity index (χ1) is 12.8. The second kappa shape index (κ2) is 7.82. The molecule has 1 fully saturated rings. The number of halogens is 1. The highest BCUT2D eigenvalue weighted by Crippen LogP contribution is 2.19. The van der Waals surface area contributed by atoms with Crippen molar-refractivity contribution in [3.63, 3.8) is 0 Å². The van der Waals surface area contributed by atoms with Gasteiger partial charge >= 0.3 is 0 Å². The van der Waals surface area contributed by atoms with Crippen LogP contribution in [0.5, 0.6) is 0 Å². The van der Waals surface area contributed by atoms with Crippen molar-refractivity contribution in [1.82, 2.24) is 10.0 Å². The normalized spacial score (nSPS) is 14.4. The van der Waals surface area contributed by atoms with Crippen LogP contribution in [-0.2, 0) is 14.6 Å². The molecule has 8 heteroatoms. The molecule has 2 aromatic carbocycles. The topological polar surface area (TPSA) is 74.8 Å². The average molecular weight is 451 g/mol. The van der Waals surface area contributed by atoms with Crippen LogP contribution in [-0.4, -0.2) is 49.1 Å². The predicted octanol–water partition coefficient (Wildman–Crippen LogP) is 2.82. The number of carbonyl (C=O) groups is 2. The predicted molar refractivity (Wildman–Crippen MR) is 105 cm³/mol. The Balaban J connectivity index is 1.76. The van der Waals surface area contributed by atoms with Crippen LogP contribution < -0.4 is 0 Å². The molecule has 1 aliphatic rings. The molecule has 27 heavy (non-hydrogen) atoms. The van der Waals surface area contributed by atoms with E-state index in [1.165, 1.54) is 22.2 Å². The van der Waals surface area contributed by atoms with Gasteiger partial charge < -0.3 is 0 Å². The van der Waals surface area contributed by atoms with E-state index in [-0.39, 0.29) is 10.8 Å². The molecule has 0 saturated carbocycles. The lowest BCUT2D eigenvalue weighted by Crippen LogP contribution is -2.46. The van der Waals surface area contributed by atoms with Gasteiger partial charge in [-0.15, -0.1) is 0 Å². The molecular formula is C19H19BrN2O4S. The van der Waals surface area contributed by atoms with Crippen LogP contribution >= 0.6 is 15.9 Å². The van der Waals surface area contributed by atoms with Gasteiger partial charge in [-0.25, -0.2) is 13.4 Å². The summed E-state index contributed by atoms with van der Waals surface area (Å²) in [6.45, 7) is 2.56. The molecule has 1 heterocycles. The van der Waals surface area contributed by atoms with E-state index in [9.17, 15) is 18.0 Å². The summed E-state index contributed by atoms with van der Waals surface area (Å²) in [4.78, 5) is 25.5. The van der Waals surface area contributed by atoms with E-state index in [1.54, 1.807) is 36.4 Å². The van der Waals surface area contributed by atoms with Crippen LogP contribution in [0.3, 0.4) is 0 Å². The van der Waals surface area contributed by atoms with Crippen LogP contribution in [0.4, 0.5) is 0 Å². The van der Waals surface area contributed by atoms with Gasteiger partial charge in [0.2, 0.25) is 0 Å². The summed E-state index contributed by atoms with van der Waals surface area (Å²) in [6, 6.07) is 13.2. The summed E-state index contributed by atoms with van der Waals surface area (Å²) < 4.78 is 25.9. The standard InChI is InChI=1S/C19H19BrN2O4S/c1-14-3-9-17(10-4-14)27(25,26)13-18(23)21-11-2-12-22(21)19(24)15-5-7-16(20)8-6-15/h3-10H,2,11-13H2,1H3. The summed E-state index contributed by atoms with van der Waals surface area (Å²) in [6.07, 6.45) is 0.610. The first kappa shape index (κ1) is 19.6. The lowest BCUT2D eigenvalue weighted by molar-refractivity contribution is -0.137. The summed E-state index contributed by atoms with van der Waals surface area (Å²) in [7, 11) is -3.77. The number of rotatable bonds is 4. The molecule has 0 N–H and O–H groups in total. The highest BCUT2D eigenvalue weighted by molar-refractivity contribution is 9.10. The van der Waals surface area contributed by atoms with Crippen molar-refractivity contribution >= 4 is 37.6 Å². The number of hydrazine groups is 1. The fourth-order valence-electron chi connectivity index (χ4n) is 2.89. The molecule has 0 spiro atoms. The van der Waals surface area contributed by atoms with Gasteiger partial charge in [0, 0.05) is 23.1 Å². The largest absolute Gasteiger partial charge is 0.272 e. The van der Waals surface area contributed by atoms with Gasteiger partial charge in [-0.3, -0.25) is 14.6 Å². The van der Waals surface area contributed by atoms with Gasteiger partial charge in [-0.1, -0.05) is 33.6 Å². The minimum absolute atomic E-state index is 0.103. The fraction of sp³-hybridized carbons (Fsp3) is 0.263. The average Bonchev–Trinajstić information content (AvgIpc) is 3.11. The highest BCUT2D eigenvalue weighted by Gasteiger charge is 2.33. The van der Waals surface area contributed by atoms with E-state index in [0.717, 1.165) is 10.0 Å². The van der Waals surface area contributed by atoms with E-state index in [0.29, 0.717) is 25.1 Å². The van der Waals surface area contributed by atoms with Gasteiger partial charge in [0.25, 0.3) is 11.8 Å². The van der Waals surface area contributed by atoms with Gasteiger partial charge in [-0.05, 0) is 49.7 Å². The third-order valence-electron chi connectivity index (χ3n) is 4.34. The third-order valence-corrected chi connectivity index (χ3v) is 6.48. The van der Waals surface area contributed by atoms with E-state index in [1.807, 2.05) is 6.92 Å². The Morgan fingerprint density at radius 3 is 2.19 bits per heavy atom. The van der Waals surface area contributed by atoms with Crippen molar-refractivity contribution in [3.8, 4) is 0 Å². The minimum atomic E-state index is -3.77. The maximum Gasteiger partial charge on any atom is 0.272 e. The molecule has 0 radical (unpaired) electrons. The van der Waals surface area contributed by atoms with E-state index in [2.05, 4.69) is 15.9 Å². The lowest BCUT2D eigenvalue weighted by atomic mass is 10.2. The van der Waals surface area contributed by atoms with Crippen LogP contribution in [0.1, 0.15) is 22.3 Å². The Kier molecular flexibility index (Phi) is 5.67. The maximum atomic E-state index is 12.7. The van der Waals surface area contributed by atoms with Gasteiger partial charge in [0.1, 0.15) is 5.75 Å². The zero-order chi connectivity index (χ0) is 19.6. The van der Waals surface area contributed by atoms with Gasteiger partial charge in [0.15, 0.2) is 9.84 Å². The summed E-state index contributed by atoms with van der Waals surface area (Å²) in [5.74, 6) is -1.58. The van der Waals surface area contributed by atoms with Crippen molar-refractivity contribution in [2.75, 3.05) is 18.8 Å². The fourth-order valence-corrected chi connectivity index (χ4v) is 4.35. The Morgan fingerprint density at radius 1 is 0.963 bits per heavy atom. The second-order valence-corrected chi connectivity index (χ2v) is 9.28. The molecule has 6 nitrogen and oxygen atoms in total. The van der Waals surface area contributed by atoms with Crippen molar-refractivity contribution in [2.24, 2.45) is 0 Å². The van der Waals surface area contributed by atoms with E-state index >= 15 is 0 Å². The molecule has 142 valence electrons. The summed E-state index contributed by atoms with van der Waals surface area (Å²) in [5.41, 5.74) is 1.38. The Hall–Kier alpha value is -2.19. The number of hydrogen-bond donors (Lipinski definition) is 0. The van der Waals surface area contributed by atoms with Crippen LogP contribution in [0, 0.1) is 6.92 Å². The van der Waals surface area contributed by atoms with Crippen LogP contribution in [0.15, 0.2) is 57.9 Å². The number of hydrogen-bond acceptors (Lipinski definition) is 4. The zero-order valence-electron chi connectivity index (χ0n) is 14.8. The number of sulfone groups is 1. The monoisotopic (exact) mass is 450 g/mol. The molecule has 0 atom stereocenters. The SMILES string of the molecule is Cc1ccc(S(=O)(=O)CC(=O)N2CCCN2C(=O)c2ccc(Br)cc2)cc1. The number of benzene rings is 2. The zero-order valence-corrected chi connectivity index (χ0v) is 17.2. The molecule has 0 bridgehead atoms. The van der Waals surface area contributed by atoms with E-state index in [4.69, 9.17) is 0 Å². The number of nitrogens with zero attached hydrogens (tertiary/aromatic N) is 2. The minimum Gasteiger partial charge on any atom is -0.272 e. The quantitative estimate of drug-likeness (QED) is 0.717. The van der Waals surface area contributed by atoms with E-state index < -0.39 is 21.5 Å². The molecule has 0 aliphatic carbocycles. The molecule has 1 saturated heterocycles. The summed E-state index contributed by atoms with van der Waals surface area (Å²) >= 11 is 3.32. The number of aryl methyl sites for hydroxylation is 1. The first-order valence-corrected chi connectivity index (χ1v) is 10.9. The molecule has 1 aliphatic heterocycles. The number of amides is 2. The lowest BCUT2D eigenvalue weighted by Gasteiger charge is -2.28. The Labute approximate surface area is 166 Å². The van der Waals surface area contributed by atoms with Crippen LogP contribution in [0.2, 0.25) is 0 Å². The smallest absolute Gasteiger partial charge is 0.272 e. The summed E-state index contributed by atoms with van der Waals surface area (Å²) in [5, 5.41) is 2.58. The van der Waals surface area contributed by atoms with Crippen LogP contribution in [0.25, 0.3) is 0 Å². The Bertz CT molecular complexity index is 956. The molecule has 0 unspecified atom stereocenters. The molecule has 2 amide bonds. The molecule has 3 rings (SSSR count). The van der Waals surface area contributed by atoms with Gasteiger partial charge in [-0.2, -0.15) is 0 Å². The Morgan fingerprint density at radius 2 is 1.56 bits per heavy atom. The van der Waals surface area contributed by atoms with Crippen molar-refractivity contribution in [1.29, 1.82) is 0 Å². The molecular weight excluding hydrogens is 432 g/mol. The van der Waals surface area contributed by atoms with Gasteiger partial charge in [0.05, 0.1) is 4.90 Å². The molecule has 0 aromatic heterocycles. The number of carbonyl (C=O) groups excluding carboxylic acids is 2. The third kappa shape index (κ3) is 4.39. The maximum absolute atomic E-state index is 12.7. The second-order valence-electron chi connectivity index (χ2n) is 6.38. The van der Waals surface area contributed by atoms with Crippen molar-refractivity contribution < 1.29 is 18.0 Å². The highest BCUT2D eigenvalue weighted by atomic mass is 79.9.